The number of nitrogens with one attached hydrogen (secondary N) is 1. The molecule has 0 bridgehead atoms. The number of pyridine rings is 2. The van der Waals surface area contributed by atoms with Gasteiger partial charge in [0.25, 0.3) is 0 Å². The van der Waals surface area contributed by atoms with Crippen molar-refractivity contribution in [2.75, 3.05) is 7.05 Å². The van der Waals surface area contributed by atoms with Crippen molar-refractivity contribution in [2.45, 2.75) is 12.5 Å². The van der Waals surface area contributed by atoms with Crippen LogP contribution in [0.4, 0.5) is 0 Å². The van der Waals surface area contributed by atoms with Gasteiger partial charge in [-0.2, -0.15) is 0 Å². The van der Waals surface area contributed by atoms with Crippen molar-refractivity contribution < 1.29 is 0 Å². The maximum atomic E-state index is 4.50. The largest absolute Gasteiger partial charge is 0.311 e. The summed E-state index contributed by atoms with van der Waals surface area (Å²) in [5.74, 6) is 0. The highest BCUT2D eigenvalue weighted by Gasteiger charge is 2.15. The zero-order valence-corrected chi connectivity index (χ0v) is 13.3. The molecule has 3 rings (SSSR count). The molecule has 0 spiro atoms. The zero-order chi connectivity index (χ0) is 14.7. The lowest BCUT2D eigenvalue weighted by atomic mass is 9.99. The minimum Gasteiger partial charge on any atom is -0.311 e. The Kier molecular flexibility index (Phi) is 4.27. The third-order valence-corrected chi connectivity index (χ3v) is 4.30. The summed E-state index contributed by atoms with van der Waals surface area (Å²) in [6.07, 6.45) is 4.57. The van der Waals surface area contributed by atoms with Gasteiger partial charge in [0.2, 0.25) is 0 Å². The number of likely N-dealkylation sites (N-methyl/N-ethyl adjacent to an activating group) is 1. The third kappa shape index (κ3) is 2.96. The summed E-state index contributed by atoms with van der Waals surface area (Å²) in [4.78, 5) is 8.92. The Bertz CT molecular complexity index is 752. The number of aromatic nitrogens is 2. The second-order valence-corrected chi connectivity index (χ2v) is 5.76. The number of hydrogen-bond donors (Lipinski definition) is 1. The molecule has 4 heteroatoms. The van der Waals surface area contributed by atoms with Crippen molar-refractivity contribution in [3.8, 4) is 0 Å². The first-order valence-corrected chi connectivity index (χ1v) is 7.69. The Morgan fingerprint density at radius 1 is 1.05 bits per heavy atom. The molecule has 1 atom stereocenters. The van der Waals surface area contributed by atoms with Gasteiger partial charge in [0.15, 0.2) is 0 Å². The van der Waals surface area contributed by atoms with E-state index < -0.39 is 0 Å². The summed E-state index contributed by atoms with van der Waals surface area (Å²) in [6.45, 7) is 0. The summed E-state index contributed by atoms with van der Waals surface area (Å²) in [7, 11) is 1.97. The van der Waals surface area contributed by atoms with Crippen molar-refractivity contribution >= 4 is 26.8 Å². The Labute approximate surface area is 132 Å². The van der Waals surface area contributed by atoms with E-state index in [9.17, 15) is 0 Å². The highest BCUT2D eigenvalue weighted by atomic mass is 79.9. The third-order valence-electron chi connectivity index (χ3n) is 3.63. The number of hydrogen-bond acceptors (Lipinski definition) is 3. The lowest BCUT2D eigenvalue weighted by Crippen LogP contribution is -2.20. The van der Waals surface area contributed by atoms with Crippen LogP contribution in [0.25, 0.3) is 10.9 Å². The number of para-hydroxylation sites is 1. The van der Waals surface area contributed by atoms with E-state index in [1.165, 1.54) is 10.9 Å². The van der Waals surface area contributed by atoms with E-state index in [2.05, 4.69) is 49.4 Å². The smallest absolute Gasteiger partial charge is 0.0718 e. The van der Waals surface area contributed by atoms with Gasteiger partial charge < -0.3 is 5.32 Å². The van der Waals surface area contributed by atoms with Crippen LogP contribution in [-0.2, 0) is 6.42 Å². The molecule has 3 aromatic rings. The first-order valence-electron chi connectivity index (χ1n) is 6.90. The number of rotatable bonds is 4. The van der Waals surface area contributed by atoms with Crippen molar-refractivity contribution in [2.24, 2.45) is 0 Å². The lowest BCUT2D eigenvalue weighted by molar-refractivity contribution is 0.575. The molecule has 2 heterocycles. The minimum atomic E-state index is 0.159. The molecule has 0 saturated heterocycles. The Morgan fingerprint density at radius 3 is 2.71 bits per heavy atom. The van der Waals surface area contributed by atoms with Crippen molar-refractivity contribution in [1.29, 1.82) is 0 Å². The molecule has 0 aliphatic rings. The number of fused-ring (bicyclic) bond motifs is 1. The van der Waals surface area contributed by atoms with Crippen LogP contribution in [0.2, 0.25) is 0 Å². The van der Waals surface area contributed by atoms with Gasteiger partial charge in [-0.15, -0.1) is 0 Å². The highest BCUT2D eigenvalue weighted by molar-refractivity contribution is 9.10. The fourth-order valence-electron chi connectivity index (χ4n) is 2.54. The molecular weight excluding hydrogens is 326 g/mol. The van der Waals surface area contributed by atoms with E-state index in [4.69, 9.17) is 0 Å². The molecule has 0 aliphatic carbocycles. The fraction of sp³-hybridized carbons (Fsp3) is 0.176. The second-order valence-electron chi connectivity index (χ2n) is 4.90. The van der Waals surface area contributed by atoms with E-state index in [0.717, 1.165) is 22.1 Å². The minimum absolute atomic E-state index is 0.159. The summed E-state index contributed by atoms with van der Waals surface area (Å²) in [5, 5.41) is 4.56. The van der Waals surface area contributed by atoms with Crippen LogP contribution in [0.1, 0.15) is 17.3 Å². The molecule has 0 saturated carbocycles. The number of halogens is 1. The predicted molar refractivity (Wildman–Crippen MR) is 89.2 cm³/mol. The molecular formula is C17H16BrN3. The van der Waals surface area contributed by atoms with Gasteiger partial charge in [-0.1, -0.05) is 18.2 Å². The van der Waals surface area contributed by atoms with Gasteiger partial charge in [-0.3, -0.25) is 9.97 Å². The van der Waals surface area contributed by atoms with Gasteiger partial charge in [0, 0.05) is 22.3 Å². The fourth-order valence-corrected chi connectivity index (χ4v) is 3.07. The van der Waals surface area contributed by atoms with E-state index in [1.54, 1.807) is 0 Å². The summed E-state index contributed by atoms with van der Waals surface area (Å²) in [5.41, 5.74) is 3.34. The standard InChI is InChI=1S/C17H16BrN3/c1-19-16(17-14(18)6-4-9-21-17)11-12-8-10-20-15-7-3-2-5-13(12)15/h2-10,16,19H,11H2,1H3. The van der Waals surface area contributed by atoms with Crippen LogP contribution >= 0.6 is 15.9 Å². The maximum absolute atomic E-state index is 4.50. The Morgan fingerprint density at radius 2 is 1.90 bits per heavy atom. The van der Waals surface area contributed by atoms with E-state index in [1.807, 2.05) is 43.7 Å². The molecule has 21 heavy (non-hydrogen) atoms. The topological polar surface area (TPSA) is 37.8 Å². The summed E-state index contributed by atoms with van der Waals surface area (Å²) >= 11 is 3.59. The molecule has 0 radical (unpaired) electrons. The van der Waals surface area contributed by atoms with Crippen molar-refractivity contribution in [1.82, 2.24) is 15.3 Å². The maximum Gasteiger partial charge on any atom is 0.0718 e. The lowest BCUT2D eigenvalue weighted by Gasteiger charge is -2.18. The van der Waals surface area contributed by atoms with Crippen LogP contribution in [0.15, 0.2) is 59.3 Å². The first kappa shape index (κ1) is 14.2. The number of benzene rings is 1. The van der Waals surface area contributed by atoms with Gasteiger partial charge in [0.1, 0.15) is 0 Å². The van der Waals surface area contributed by atoms with E-state index >= 15 is 0 Å². The van der Waals surface area contributed by atoms with Crippen LogP contribution < -0.4 is 5.32 Å². The SMILES string of the molecule is CNC(Cc1ccnc2ccccc12)c1ncccc1Br. The van der Waals surface area contributed by atoms with Gasteiger partial charge in [0.05, 0.1) is 17.3 Å². The Balaban J connectivity index is 1.98. The predicted octanol–water partition coefficient (Wildman–Crippen LogP) is 3.90. The second kappa shape index (κ2) is 6.33. The quantitative estimate of drug-likeness (QED) is 0.782. The molecule has 0 aliphatic heterocycles. The molecule has 1 unspecified atom stereocenters. The van der Waals surface area contributed by atoms with Gasteiger partial charge in [-0.05, 0) is 59.2 Å². The van der Waals surface area contributed by atoms with Gasteiger partial charge >= 0.3 is 0 Å². The van der Waals surface area contributed by atoms with Gasteiger partial charge in [-0.25, -0.2) is 0 Å². The molecule has 1 aromatic carbocycles. The van der Waals surface area contributed by atoms with Crippen molar-refractivity contribution in [3.63, 3.8) is 0 Å². The van der Waals surface area contributed by atoms with Crippen LogP contribution in [-0.4, -0.2) is 17.0 Å². The summed E-state index contributed by atoms with van der Waals surface area (Å²) < 4.78 is 1.03. The molecule has 0 amide bonds. The summed E-state index contributed by atoms with van der Waals surface area (Å²) in [6, 6.07) is 14.4. The van der Waals surface area contributed by atoms with Crippen LogP contribution in [0, 0.1) is 0 Å². The average molecular weight is 342 g/mol. The molecule has 106 valence electrons. The molecule has 0 fully saturated rings. The normalized spacial score (nSPS) is 12.5. The van der Waals surface area contributed by atoms with Crippen LogP contribution in [0.5, 0.6) is 0 Å². The zero-order valence-electron chi connectivity index (χ0n) is 11.8. The number of nitrogens with zero attached hydrogens (tertiary/aromatic N) is 2. The first-order chi connectivity index (χ1) is 10.3. The van der Waals surface area contributed by atoms with E-state index in [0.29, 0.717) is 0 Å². The monoisotopic (exact) mass is 341 g/mol. The molecule has 3 nitrogen and oxygen atoms in total. The molecule has 2 aromatic heterocycles. The average Bonchev–Trinajstić information content (AvgIpc) is 2.53. The Hall–Kier alpha value is -1.78. The highest BCUT2D eigenvalue weighted by Crippen LogP contribution is 2.26. The molecule has 1 N–H and O–H groups in total. The van der Waals surface area contributed by atoms with Crippen molar-refractivity contribution in [3.05, 3.63) is 70.6 Å². The van der Waals surface area contributed by atoms with E-state index in [-0.39, 0.29) is 6.04 Å². The van der Waals surface area contributed by atoms with Crippen LogP contribution in [0.3, 0.4) is 0 Å².